The third-order valence-corrected chi connectivity index (χ3v) is 6.57. The number of nitrogens with two attached hydrogens (primary N) is 1. The van der Waals surface area contributed by atoms with E-state index in [2.05, 4.69) is 16.0 Å². The van der Waals surface area contributed by atoms with Gasteiger partial charge < -0.3 is 15.4 Å². The molecule has 2 heterocycles. The number of benzene rings is 3. The van der Waals surface area contributed by atoms with Crippen LogP contribution < -0.4 is 10.6 Å². The summed E-state index contributed by atoms with van der Waals surface area (Å²) < 4.78 is 34.0. The van der Waals surface area contributed by atoms with Crippen LogP contribution in [0.3, 0.4) is 0 Å². The van der Waals surface area contributed by atoms with Gasteiger partial charge in [0.2, 0.25) is 0 Å². The second kappa shape index (κ2) is 9.41. The van der Waals surface area contributed by atoms with E-state index in [0.717, 1.165) is 33.8 Å². The molecule has 1 aliphatic rings. The highest BCUT2D eigenvalue weighted by atomic mass is 19.1. The van der Waals surface area contributed by atoms with Crippen LogP contribution in [0.2, 0.25) is 0 Å². The van der Waals surface area contributed by atoms with Crippen molar-refractivity contribution in [2.24, 2.45) is 5.73 Å². The zero-order chi connectivity index (χ0) is 24.5. The molecule has 0 bridgehead atoms. The van der Waals surface area contributed by atoms with E-state index in [1.54, 1.807) is 19.4 Å². The molecule has 2 N–H and O–H groups in total. The highest BCUT2D eigenvalue weighted by molar-refractivity contribution is 6.01. The molecule has 0 amide bonds. The highest BCUT2D eigenvalue weighted by Crippen LogP contribution is 2.40. The van der Waals surface area contributed by atoms with E-state index >= 15 is 0 Å². The van der Waals surface area contributed by atoms with Gasteiger partial charge in [0.1, 0.15) is 11.6 Å². The van der Waals surface area contributed by atoms with E-state index in [4.69, 9.17) is 10.5 Å². The maximum Gasteiger partial charge on any atom is 0.126 e. The number of ether oxygens (including phenoxy) is 1. The first-order chi connectivity index (χ1) is 17.0. The molecule has 1 saturated heterocycles. The normalized spacial score (nSPS) is 18.0. The standard InChI is InChI=1S/C28H24F2N4O/c1-35-27-16-34(8-7-25(27)32)28-23-12-19(18-4-2-3-17(9-18)14-31)5-6-26(23)33-15-24(28)20-10-21(29)13-22(30)11-20/h2-6,9-13,15,25,27H,7-8,16,32H2,1H3/t25-,27-/m1/s1. The Kier molecular flexibility index (Phi) is 6.16. The Labute approximate surface area is 202 Å². The predicted octanol–water partition coefficient (Wildman–Crippen LogP) is 5.27. The lowest BCUT2D eigenvalue weighted by atomic mass is 9.95. The molecule has 0 saturated carbocycles. The first-order valence-electron chi connectivity index (χ1n) is 11.4. The molecular weight excluding hydrogens is 446 g/mol. The van der Waals surface area contributed by atoms with Gasteiger partial charge in [-0.05, 0) is 59.5 Å². The highest BCUT2D eigenvalue weighted by Gasteiger charge is 2.29. The SMILES string of the molecule is CO[C@@H]1CN(c2c(-c3cc(F)cc(F)c3)cnc3ccc(-c4cccc(C#N)c4)cc23)CC[C@H]1N. The fraction of sp³-hybridized carbons (Fsp3) is 0.214. The van der Waals surface area contributed by atoms with Gasteiger partial charge in [-0.1, -0.05) is 18.2 Å². The van der Waals surface area contributed by atoms with Gasteiger partial charge in [0.05, 0.1) is 28.9 Å². The van der Waals surface area contributed by atoms with Gasteiger partial charge in [-0.25, -0.2) is 8.78 Å². The molecule has 176 valence electrons. The van der Waals surface area contributed by atoms with Crippen LogP contribution in [0.15, 0.2) is 66.9 Å². The maximum absolute atomic E-state index is 14.2. The van der Waals surface area contributed by atoms with Crippen molar-refractivity contribution in [1.29, 1.82) is 5.26 Å². The van der Waals surface area contributed by atoms with Crippen LogP contribution >= 0.6 is 0 Å². The monoisotopic (exact) mass is 470 g/mol. The van der Waals surface area contributed by atoms with E-state index < -0.39 is 11.6 Å². The quantitative estimate of drug-likeness (QED) is 0.440. The molecule has 5 nitrogen and oxygen atoms in total. The number of hydrogen-bond acceptors (Lipinski definition) is 5. The number of halogens is 2. The molecule has 0 aliphatic carbocycles. The second-order valence-electron chi connectivity index (χ2n) is 8.78. The van der Waals surface area contributed by atoms with Crippen LogP contribution in [-0.2, 0) is 4.74 Å². The molecule has 1 fully saturated rings. The Morgan fingerprint density at radius 2 is 1.80 bits per heavy atom. The minimum Gasteiger partial charge on any atom is -0.378 e. The van der Waals surface area contributed by atoms with Crippen molar-refractivity contribution < 1.29 is 13.5 Å². The fourth-order valence-corrected chi connectivity index (χ4v) is 4.77. The third kappa shape index (κ3) is 4.46. The van der Waals surface area contributed by atoms with Gasteiger partial charge in [0, 0.05) is 49.5 Å². The molecule has 1 aromatic heterocycles. The number of piperidine rings is 1. The van der Waals surface area contributed by atoms with Crippen LogP contribution in [0.25, 0.3) is 33.2 Å². The summed E-state index contributed by atoms with van der Waals surface area (Å²) in [5.41, 5.74) is 11.3. The van der Waals surface area contributed by atoms with Crippen molar-refractivity contribution in [2.45, 2.75) is 18.6 Å². The number of aromatic nitrogens is 1. The number of nitriles is 1. The summed E-state index contributed by atoms with van der Waals surface area (Å²) in [6, 6.07) is 18.9. The number of methoxy groups -OCH3 is 1. The number of anilines is 1. The van der Waals surface area contributed by atoms with Crippen LogP contribution in [0.1, 0.15) is 12.0 Å². The summed E-state index contributed by atoms with van der Waals surface area (Å²) in [7, 11) is 1.64. The average molecular weight is 471 g/mol. The van der Waals surface area contributed by atoms with Crippen LogP contribution in [0, 0.1) is 23.0 Å². The lowest BCUT2D eigenvalue weighted by Crippen LogP contribution is -2.51. The van der Waals surface area contributed by atoms with Crippen molar-refractivity contribution in [3.63, 3.8) is 0 Å². The van der Waals surface area contributed by atoms with E-state index in [9.17, 15) is 14.0 Å². The number of nitrogens with zero attached hydrogens (tertiary/aromatic N) is 3. The lowest BCUT2D eigenvalue weighted by molar-refractivity contribution is 0.0731. The van der Waals surface area contributed by atoms with Gasteiger partial charge in [-0.2, -0.15) is 5.26 Å². The average Bonchev–Trinajstić information content (AvgIpc) is 2.87. The summed E-state index contributed by atoms with van der Waals surface area (Å²) in [5.74, 6) is -1.30. The zero-order valence-electron chi connectivity index (χ0n) is 19.2. The lowest BCUT2D eigenvalue weighted by Gasteiger charge is -2.38. The maximum atomic E-state index is 14.2. The Balaban J connectivity index is 1.74. The second-order valence-corrected chi connectivity index (χ2v) is 8.78. The Morgan fingerprint density at radius 1 is 1.03 bits per heavy atom. The van der Waals surface area contributed by atoms with Crippen LogP contribution in [0.4, 0.5) is 14.5 Å². The summed E-state index contributed by atoms with van der Waals surface area (Å²) in [6.07, 6.45) is 2.20. The van der Waals surface area contributed by atoms with E-state index in [-0.39, 0.29) is 12.1 Å². The van der Waals surface area contributed by atoms with Crippen molar-refractivity contribution in [2.75, 3.05) is 25.1 Å². The number of hydrogen-bond donors (Lipinski definition) is 1. The zero-order valence-corrected chi connectivity index (χ0v) is 19.2. The summed E-state index contributed by atoms with van der Waals surface area (Å²) >= 11 is 0. The van der Waals surface area contributed by atoms with E-state index in [1.165, 1.54) is 12.1 Å². The Bertz CT molecular complexity index is 1430. The number of fused-ring (bicyclic) bond motifs is 1. The van der Waals surface area contributed by atoms with Crippen molar-refractivity contribution >= 4 is 16.6 Å². The molecule has 3 aromatic carbocycles. The van der Waals surface area contributed by atoms with Crippen molar-refractivity contribution in [3.8, 4) is 28.3 Å². The number of rotatable bonds is 4. The van der Waals surface area contributed by atoms with E-state index in [0.29, 0.717) is 36.2 Å². The molecule has 35 heavy (non-hydrogen) atoms. The third-order valence-electron chi connectivity index (χ3n) is 6.57. The molecule has 0 radical (unpaired) electrons. The van der Waals surface area contributed by atoms with E-state index in [1.807, 2.05) is 36.4 Å². The Hall–Kier alpha value is -3.86. The first-order valence-corrected chi connectivity index (χ1v) is 11.4. The summed E-state index contributed by atoms with van der Waals surface area (Å²) in [5, 5.41) is 10.2. The summed E-state index contributed by atoms with van der Waals surface area (Å²) in [6.45, 7) is 1.20. The molecule has 1 aliphatic heterocycles. The fourth-order valence-electron chi connectivity index (χ4n) is 4.77. The molecule has 4 aromatic rings. The predicted molar refractivity (Wildman–Crippen MR) is 133 cm³/mol. The topological polar surface area (TPSA) is 75.2 Å². The Morgan fingerprint density at radius 3 is 2.54 bits per heavy atom. The molecule has 0 unspecified atom stereocenters. The van der Waals surface area contributed by atoms with Gasteiger partial charge in [0.25, 0.3) is 0 Å². The first kappa shape index (κ1) is 22.9. The molecule has 0 spiro atoms. The largest absolute Gasteiger partial charge is 0.378 e. The van der Waals surface area contributed by atoms with Gasteiger partial charge >= 0.3 is 0 Å². The molecular formula is C28H24F2N4O. The molecule has 7 heteroatoms. The number of pyridine rings is 1. The van der Waals surface area contributed by atoms with Gasteiger partial charge in [0.15, 0.2) is 0 Å². The van der Waals surface area contributed by atoms with Crippen LogP contribution in [-0.4, -0.2) is 37.3 Å². The van der Waals surface area contributed by atoms with Gasteiger partial charge in [-0.15, -0.1) is 0 Å². The van der Waals surface area contributed by atoms with Crippen molar-refractivity contribution in [1.82, 2.24) is 4.98 Å². The minimum atomic E-state index is -0.649. The summed E-state index contributed by atoms with van der Waals surface area (Å²) in [4.78, 5) is 6.78. The van der Waals surface area contributed by atoms with Gasteiger partial charge in [-0.3, -0.25) is 4.98 Å². The smallest absolute Gasteiger partial charge is 0.126 e. The van der Waals surface area contributed by atoms with Crippen molar-refractivity contribution in [3.05, 3.63) is 84.1 Å². The van der Waals surface area contributed by atoms with Crippen LogP contribution in [0.5, 0.6) is 0 Å². The molecule has 2 atom stereocenters. The molecule has 5 rings (SSSR count). The minimum absolute atomic E-state index is 0.0938.